The van der Waals surface area contributed by atoms with Gasteiger partial charge in [-0.1, -0.05) is 6.07 Å². The first-order chi connectivity index (χ1) is 11.8. The van der Waals surface area contributed by atoms with Crippen molar-refractivity contribution in [3.8, 4) is 12.3 Å². The van der Waals surface area contributed by atoms with Gasteiger partial charge in [0.2, 0.25) is 5.91 Å². The van der Waals surface area contributed by atoms with Crippen LogP contribution in [0.1, 0.15) is 38.3 Å². The molecule has 1 unspecified atom stereocenters. The summed E-state index contributed by atoms with van der Waals surface area (Å²) in [4.78, 5) is 28.0. The Morgan fingerprint density at radius 3 is 2.72 bits per heavy atom. The summed E-state index contributed by atoms with van der Waals surface area (Å²) in [5.41, 5.74) is 2.62. The average molecular weight is 340 g/mol. The van der Waals surface area contributed by atoms with E-state index in [9.17, 15) is 9.59 Å². The van der Waals surface area contributed by atoms with Crippen LogP contribution < -0.4 is 4.90 Å². The predicted molar refractivity (Wildman–Crippen MR) is 96.1 cm³/mol. The van der Waals surface area contributed by atoms with Gasteiger partial charge in [-0.05, 0) is 50.5 Å². The molecule has 1 aromatic carbocycles. The van der Waals surface area contributed by atoms with Gasteiger partial charge in [-0.2, -0.15) is 0 Å². The molecule has 0 aromatic heterocycles. The molecule has 0 saturated carbocycles. The Labute approximate surface area is 148 Å². The highest BCUT2D eigenvalue weighted by Crippen LogP contribution is 2.29. The van der Waals surface area contributed by atoms with Crippen LogP contribution in [0.4, 0.5) is 10.5 Å². The zero-order chi connectivity index (χ0) is 18.2. The van der Waals surface area contributed by atoms with Crippen molar-refractivity contribution in [3.05, 3.63) is 29.3 Å². The third kappa shape index (κ3) is 3.79. The number of fused-ring (bicyclic) bond motifs is 1. The van der Waals surface area contributed by atoms with Crippen LogP contribution >= 0.6 is 0 Å². The zero-order valence-corrected chi connectivity index (χ0v) is 15.0. The van der Waals surface area contributed by atoms with E-state index in [1.54, 1.807) is 9.80 Å². The number of nitrogens with zero attached hydrogens (tertiary/aromatic N) is 2. The topological polar surface area (TPSA) is 49.9 Å². The lowest BCUT2D eigenvalue weighted by molar-refractivity contribution is -0.117. The second-order valence-electron chi connectivity index (χ2n) is 7.68. The Kier molecular flexibility index (Phi) is 4.47. The molecule has 0 bridgehead atoms. The van der Waals surface area contributed by atoms with Crippen molar-refractivity contribution in [2.24, 2.45) is 5.92 Å². The Hall–Kier alpha value is -2.48. The number of anilines is 1. The number of benzene rings is 1. The number of amides is 2. The quantitative estimate of drug-likeness (QED) is 0.739. The average Bonchev–Trinajstić information content (AvgIpc) is 2.93. The fraction of sp³-hybridized carbons (Fsp3) is 0.500. The Morgan fingerprint density at radius 1 is 1.32 bits per heavy atom. The van der Waals surface area contributed by atoms with Crippen LogP contribution in [0.3, 0.4) is 0 Å². The van der Waals surface area contributed by atoms with Crippen molar-refractivity contribution >= 4 is 17.7 Å². The molecule has 2 aliphatic heterocycles. The normalized spacial score (nSPS) is 20.2. The van der Waals surface area contributed by atoms with Crippen LogP contribution in [0.25, 0.3) is 0 Å². The van der Waals surface area contributed by atoms with E-state index in [4.69, 9.17) is 11.2 Å². The SMILES string of the molecule is C#CC1CC(=O)N(c2ccc3c(c2)CN(C(=O)OC(C)(C)C)CC3)C1. The molecule has 5 heteroatoms. The molecule has 1 aromatic rings. The summed E-state index contributed by atoms with van der Waals surface area (Å²) in [5, 5.41) is 0. The van der Waals surface area contributed by atoms with E-state index in [1.165, 1.54) is 5.56 Å². The molecule has 2 heterocycles. The van der Waals surface area contributed by atoms with Crippen LogP contribution in [0.2, 0.25) is 0 Å². The zero-order valence-electron chi connectivity index (χ0n) is 15.0. The van der Waals surface area contributed by atoms with E-state index in [0.717, 1.165) is 17.7 Å². The van der Waals surface area contributed by atoms with E-state index in [-0.39, 0.29) is 17.9 Å². The maximum absolute atomic E-state index is 12.3. The first-order valence-corrected chi connectivity index (χ1v) is 8.63. The summed E-state index contributed by atoms with van der Waals surface area (Å²) < 4.78 is 5.47. The minimum atomic E-state index is -0.509. The fourth-order valence-corrected chi connectivity index (χ4v) is 3.26. The lowest BCUT2D eigenvalue weighted by Gasteiger charge is -2.31. The van der Waals surface area contributed by atoms with Gasteiger partial charge in [-0.15, -0.1) is 12.3 Å². The lowest BCUT2D eigenvalue weighted by Crippen LogP contribution is -2.40. The minimum absolute atomic E-state index is 0.0261. The molecule has 0 radical (unpaired) electrons. The molecule has 2 aliphatic rings. The van der Waals surface area contributed by atoms with Gasteiger partial charge >= 0.3 is 6.09 Å². The summed E-state index contributed by atoms with van der Waals surface area (Å²) in [6, 6.07) is 6.02. The molecule has 2 amide bonds. The second kappa shape index (κ2) is 6.44. The number of carbonyl (C=O) groups excluding carboxylic acids is 2. The van der Waals surface area contributed by atoms with Gasteiger partial charge in [-0.3, -0.25) is 4.79 Å². The number of rotatable bonds is 1. The molecular formula is C20H24N2O3. The summed E-state index contributed by atoms with van der Waals surface area (Å²) in [6.45, 7) is 7.29. The van der Waals surface area contributed by atoms with E-state index in [0.29, 0.717) is 26.1 Å². The van der Waals surface area contributed by atoms with Gasteiger partial charge in [0.05, 0.1) is 0 Å². The Morgan fingerprint density at radius 2 is 2.08 bits per heavy atom. The van der Waals surface area contributed by atoms with Crippen molar-refractivity contribution in [1.29, 1.82) is 0 Å². The summed E-state index contributed by atoms with van der Waals surface area (Å²) in [6.07, 6.45) is 6.35. The van der Waals surface area contributed by atoms with Crippen LogP contribution in [-0.2, 0) is 22.5 Å². The Balaban J connectivity index is 1.77. The van der Waals surface area contributed by atoms with E-state index in [2.05, 4.69) is 5.92 Å². The molecule has 0 aliphatic carbocycles. The fourth-order valence-electron chi connectivity index (χ4n) is 3.26. The summed E-state index contributed by atoms with van der Waals surface area (Å²) >= 11 is 0. The number of ether oxygens (including phenoxy) is 1. The van der Waals surface area contributed by atoms with Crippen LogP contribution in [0.15, 0.2) is 18.2 Å². The summed E-state index contributed by atoms with van der Waals surface area (Å²) in [5.74, 6) is 2.70. The molecule has 132 valence electrons. The highest BCUT2D eigenvalue weighted by Gasteiger charge is 2.31. The standard InChI is InChI=1S/C20H24N2O3/c1-5-14-10-18(23)22(12-14)17-7-6-15-8-9-21(13-16(15)11-17)19(24)25-20(2,3)4/h1,6-7,11,14H,8-10,12-13H2,2-4H3. The van der Waals surface area contributed by atoms with Gasteiger partial charge in [0.1, 0.15) is 5.60 Å². The van der Waals surface area contributed by atoms with E-state index >= 15 is 0 Å². The molecule has 5 nitrogen and oxygen atoms in total. The van der Waals surface area contributed by atoms with Gasteiger partial charge in [0.15, 0.2) is 0 Å². The summed E-state index contributed by atoms with van der Waals surface area (Å²) in [7, 11) is 0. The first-order valence-electron chi connectivity index (χ1n) is 8.63. The van der Waals surface area contributed by atoms with Crippen molar-refractivity contribution in [2.75, 3.05) is 18.0 Å². The first kappa shape index (κ1) is 17.3. The number of hydrogen-bond donors (Lipinski definition) is 0. The van der Waals surface area contributed by atoms with Crippen molar-refractivity contribution in [2.45, 2.75) is 45.8 Å². The van der Waals surface area contributed by atoms with Gasteiger partial charge in [0, 0.05) is 37.7 Å². The highest BCUT2D eigenvalue weighted by atomic mass is 16.6. The third-order valence-electron chi connectivity index (χ3n) is 4.53. The molecule has 0 N–H and O–H groups in total. The molecule has 0 spiro atoms. The molecular weight excluding hydrogens is 316 g/mol. The van der Waals surface area contributed by atoms with Crippen LogP contribution in [0, 0.1) is 18.3 Å². The maximum atomic E-state index is 12.3. The van der Waals surface area contributed by atoms with Gasteiger partial charge in [-0.25, -0.2) is 4.79 Å². The van der Waals surface area contributed by atoms with E-state index < -0.39 is 5.60 Å². The molecule has 3 rings (SSSR count). The smallest absolute Gasteiger partial charge is 0.410 e. The minimum Gasteiger partial charge on any atom is -0.444 e. The van der Waals surface area contributed by atoms with Crippen molar-refractivity contribution in [3.63, 3.8) is 0 Å². The van der Waals surface area contributed by atoms with Crippen molar-refractivity contribution < 1.29 is 14.3 Å². The third-order valence-corrected chi connectivity index (χ3v) is 4.53. The lowest BCUT2D eigenvalue weighted by atomic mass is 9.99. The van der Waals surface area contributed by atoms with Gasteiger partial charge < -0.3 is 14.5 Å². The predicted octanol–water partition coefficient (Wildman–Crippen LogP) is 2.97. The second-order valence-corrected chi connectivity index (χ2v) is 7.68. The number of carbonyl (C=O) groups is 2. The number of hydrogen-bond acceptors (Lipinski definition) is 3. The largest absolute Gasteiger partial charge is 0.444 e. The van der Waals surface area contributed by atoms with Crippen LogP contribution in [-0.4, -0.2) is 35.6 Å². The van der Waals surface area contributed by atoms with Gasteiger partial charge in [0.25, 0.3) is 0 Å². The monoisotopic (exact) mass is 340 g/mol. The molecule has 1 fully saturated rings. The molecule has 1 atom stereocenters. The van der Waals surface area contributed by atoms with E-state index in [1.807, 2.05) is 39.0 Å². The molecule has 1 saturated heterocycles. The van der Waals surface area contributed by atoms with Crippen molar-refractivity contribution in [1.82, 2.24) is 4.90 Å². The Bertz CT molecular complexity index is 742. The maximum Gasteiger partial charge on any atom is 0.410 e. The number of terminal acetylenes is 1. The highest BCUT2D eigenvalue weighted by molar-refractivity contribution is 5.96. The molecule has 25 heavy (non-hydrogen) atoms. The van der Waals surface area contributed by atoms with Crippen LogP contribution in [0.5, 0.6) is 0 Å².